The molecule has 0 spiro atoms. The normalized spacial score (nSPS) is 25.8. The van der Waals surface area contributed by atoms with Crippen LogP contribution in [-0.2, 0) is 11.8 Å². The van der Waals surface area contributed by atoms with E-state index in [0.717, 1.165) is 36.0 Å². The van der Waals surface area contributed by atoms with Gasteiger partial charge in [-0.3, -0.25) is 4.79 Å². The molecule has 2 heterocycles. The van der Waals surface area contributed by atoms with Gasteiger partial charge in [-0.1, -0.05) is 39.0 Å². The third-order valence-corrected chi connectivity index (χ3v) is 8.04. The summed E-state index contributed by atoms with van der Waals surface area (Å²) in [7, 11) is 0. The highest BCUT2D eigenvalue weighted by atomic mass is 16.3. The van der Waals surface area contributed by atoms with E-state index >= 15 is 0 Å². The van der Waals surface area contributed by atoms with Crippen LogP contribution in [0, 0.1) is 5.41 Å². The van der Waals surface area contributed by atoms with Gasteiger partial charge in [-0.05, 0) is 60.1 Å². The molecule has 5 heteroatoms. The van der Waals surface area contributed by atoms with Crippen LogP contribution < -0.4 is 0 Å². The number of benzene rings is 2. The summed E-state index contributed by atoms with van der Waals surface area (Å²) >= 11 is 0. The minimum absolute atomic E-state index is 0.0414. The predicted molar refractivity (Wildman–Crippen MR) is 117 cm³/mol. The fourth-order valence-electron chi connectivity index (χ4n) is 5.66. The van der Waals surface area contributed by atoms with Crippen LogP contribution >= 0.6 is 0 Å². The molecule has 0 radical (unpaired) electrons. The molecule has 1 aromatic heterocycles. The van der Waals surface area contributed by atoms with Gasteiger partial charge in [0.2, 0.25) is 0 Å². The number of hydrogen-bond donors (Lipinski definition) is 2. The van der Waals surface area contributed by atoms with Gasteiger partial charge in [-0.25, -0.2) is 4.98 Å². The van der Waals surface area contributed by atoms with E-state index in [1.54, 1.807) is 6.33 Å². The maximum absolute atomic E-state index is 13.6. The summed E-state index contributed by atoms with van der Waals surface area (Å²) in [6.07, 6.45) is 2.94. The highest BCUT2D eigenvalue weighted by molar-refractivity contribution is 5.97. The van der Waals surface area contributed by atoms with Crippen molar-refractivity contribution in [3.63, 3.8) is 0 Å². The molecular weight excluding hydrogens is 374 g/mol. The number of aromatic amines is 1. The second-order valence-corrected chi connectivity index (χ2v) is 9.75. The number of aromatic nitrogens is 2. The zero-order chi connectivity index (χ0) is 21.3. The first kappa shape index (κ1) is 19.3. The number of piperidine rings is 1. The van der Waals surface area contributed by atoms with E-state index in [1.807, 2.05) is 31.2 Å². The van der Waals surface area contributed by atoms with Gasteiger partial charge in [0, 0.05) is 23.6 Å². The molecule has 30 heavy (non-hydrogen) atoms. The lowest BCUT2D eigenvalue weighted by atomic mass is 9.51. The van der Waals surface area contributed by atoms with Crippen LogP contribution in [-0.4, -0.2) is 38.5 Å². The topological polar surface area (TPSA) is 69.2 Å². The molecule has 2 aromatic carbocycles. The van der Waals surface area contributed by atoms with Crippen LogP contribution in [0.25, 0.3) is 11.0 Å². The largest absolute Gasteiger partial charge is 0.389 e. The van der Waals surface area contributed by atoms with E-state index in [2.05, 4.69) is 47.8 Å². The van der Waals surface area contributed by atoms with Crippen LogP contribution in [0.1, 0.15) is 67.3 Å². The van der Waals surface area contributed by atoms with Gasteiger partial charge < -0.3 is 15.0 Å². The Morgan fingerprint density at radius 3 is 2.80 bits per heavy atom. The van der Waals surface area contributed by atoms with E-state index in [0.29, 0.717) is 5.56 Å². The summed E-state index contributed by atoms with van der Waals surface area (Å²) in [5.41, 5.74) is 5.96. The number of fused-ring (bicyclic) bond motifs is 5. The fourth-order valence-corrected chi connectivity index (χ4v) is 5.66. The SMILES string of the molecule is CC(O)c1ccc2c(c1)C1(C)CCN(C(=O)c3ccc4nc[nH]c4c3)C(C2)C1(C)C. The summed E-state index contributed by atoms with van der Waals surface area (Å²) in [5, 5.41) is 10.1. The molecule has 1 amide bonds. The molecule has 0 saturated carbocycles. The van der Waals surface area contributed by atoms with Crippen molar-refractivity contribution in [1.29, 1.82) is 0 Å². The van der Waals surface area contributed by atoms with Crippen molar-refractivity contribution in [2.75, 3.05) is 6.54 Å². The number of carbonyl (C=O) groups excluding carboxylic acids is 1. The number of hydrogen-bond acceptors (Lipinski definition) is 3. The Hall–Kier alpha value is -2.66. The van der Waals surface area contributed by atoms with Crippen molar-refractivity contribution in [3.8, 4) is 0 Å². The van der Waals surface area contributed by atoms with E-state index in [9.17, 15) is 9.90 Å². The molecule has 2 N–H and O–H groups in total. The van der Waals surface area contributed by atoms with Crippen LogP contribution in [0.3, 0.4) is 0 Å². The monoisotopic (exact) mass is 403 g/mol. The summed E-state index contributed by atoms with van der Waals surface area (Å²) in [6.45, 7) is 9.49. The van der Waals surface area contributed by atoms with E-state index in [4.69, 9.17) is 0 Å². The van der Waals surface area contributed by atoms with Crippen LogP contribution in [0.4, 0.5) is 0 Å². The molecule has 3 unspecified atom stereocenters. The molecule has 1 fully saturated rings. The summed E-state index contributed by atoms with van der Waals surface area (Å²) in [4.78, 5) is 23.0. The average Bonchev–Trinajstić information content (AvgIpc) is 3.18. The van der Waals surface area contributed by atoms with Crippen molar-refractivity contribution >= 4 is 16.9 Å². The number of likely N-dealkylation sites (tertiary alicyclic amines) is 1. The van der Waals surface area contributed by atoms with Crippen molar-refractivity contribution < 1.29 is 9.90 Å². The zero-order valence-electron chi connectivity index (χ0n) is 18.1. The Bertz CT molecular complexity index is 1150. The second-order valence-electron chi connectivity index (χ2n) is 9.75. The Kier molecular flexibility index (Phi) is 4.13. The van der Waals surface area contributed by atoms with Gasteiger partial charge in [-0.2, -0.15) is 0 Å². The van der Waals surface area contributed by atoms with Crippen molar-refractivity contribution in [2.45, 2.75) is 58.1 Å². The third kappa shape index (κ3) is 2.58. The number of imidazole rings is 1. The molecule has 156 valence electrons. The van der Waals surface area contributed by atoms with Crippen molar-refractivity contribution in [2.24, 2.45) is 5.41 Å². The molecule has 3 atom stereocenters. The maximum Gasteiger partial charge on any atom is 0.254 e. The number of aliphatic hydroxyl groups excluding tert-OH is 1. The lowest BCUT2D eigenvalue weighted by molar-refractivity contribution is -0.0262. The molecule has 2 bridgehead atoms. The van der Waals surface area contributed by atoms with Crippen LogP contribution in [0.2, 0.25) is 0 Å². The average molecular weight is 404 g/mol. The molecule has 5 nitrogen and oxygen atoms in total. The van der Waals surface area contributed by atoms with Gasteiger partial charge in [0.1, 0.15) is 0 Å². The fraction of sp³-hybridized carbons (Fsp3) is 0.440. The van der Waals surface area contributed by atoms with Crippen LogP contribution in [0.15, 0.2) is 42.7 Å². The van der Waals surface area contributed by atoms with Gasteiger partial charge in [-0.15, -0.1) is 0 Å². The van der Waals surface area contributed by atoms with Gasteiger partial charge >= 0.3 is 0 Å². The van der Waals surface area contributed by atoms with Gasteiger partial charge in [0.05, 0.1) is 23.5 Å². The number of nitrogens with one attached hydrogen (secondary N) is 1. The first-order chi connectivity index (χ1) is 14.2. The van der Waals surface area contributed by atoms with Crippen LogP contribution in [0.5, 0.6) is 0 Å². The Balaban J connectivity index is 1.55. The number of rotatable bonds is 2. The van der Waals surface area contributed by atoms with E-state index in [-0.39, 0.29) is 22.8 Å². The number of H-pyrrole nitrogens is 1. The summed E-state index contributed by atoms with van der Waals surface area (Å²) in [6, 6.07) is 12.2. The number of amides is 1. The highest BCUT2D eigenvalue weighted by Crippen LogP contribution is 2.56. The lowest BCUT2D eigenvalue weighted by Gasteiger charge is -2.61. The summed E-state index contributed by atoms with van der Waals surface area (Å²) < 4.78 is 0. The quantitative estimate of drug-likeness (QED) is 0.668. The number of nitrogens with zero attached hydrogens (tertiary/aromatic N) is 2. The smallest absolute Gasteiger partial charge is 0.254 e. The molecule has 1 aliphatic heterocycles. The first-order valence-electron chi connectivity index (χ1n) is 10.8. The molecule has 3 aromatic rings. The van der Waals surface area contributed by atoms with Crippen molar-refractivity contribution in [1.82, 2.24) is 14.9 Å². The van der Waals surface area contributed by atoms with E-state index < -0.39 is 6.10 Å². The molecular formula is C25H29N3O2. The first-order valence-corrected chi connectivity index (χ1v) is 10.8. The molecule has 5 rings (SSSR count). The van der Waals surface area contributed by atoms with Gasteiger partial charge in [0.15, 0.2) is 0 Å². The number of carbonyl (C=O) groups is 1. The minimum atomic E-state index is -0.473. The lowest BCUT2D eigenvalue weighted by Crippen LogP contribution is -2.64. The molecule has 2 aliphatic rings. The molecule has 1 saturated heterocycles. The Labute approximate surface area is 177 Å². The summed E-state index contributed by atoms with van der Waals surface area (Å²) in [5.74, 6) is 0.0932. The highest BCUT2D eigenvalue weighted by Gasteiger charge is 2.56. The minimum Gasteiger partial charge on any atom is -0.389 e. The number of aliphatic hydroxyl groups is 1. The Morgan fingerprint density at radius 2 is 2.03 bits per heavy atom. The Morgan fingerprint density at radius 1 is 1.23 bits per heavy atom. The standard InChI is InChI=1S/C25H29N3O2/c1-15(29)16-5-6-17-13-22-24(2,3)25(4,19(17)11-16)9-10-28(22)23(30)18-7-8-20-21(12-18)27-14-26-20/h5-8,11-12,14-15,22,29H,9-10,13H2,1-4H3,(H,26,27). The van der Waals surface area contributed by atoms with Gasteiger partial charge in [0.25, 0.3) is 5.91 Å². The second kappa shape index (κ2) is 6.42. The predicted octanol–water partition coefficient (Wildman–Crippen LogP) is 4.37. The third-order valence-electron chi connectivity index (χ3n) is 8.04. The molecule has 1 aliphatic carbocycles. The zero-order valence-corrected chi connectivity index (χ0v) is 18.1. The van der Waals surface area contributed by atoms with Crippen molar-refractivity contribution in [3.05, 3.63) is 65.0 Å². The maximum atomic E-state index is 13.6. The van der Waals surface area contributed by atoms with E-state index in [1.165, 1.54) is 11.1 Å².